The normalized spacial score (nSPS) is 11.2. The molecule has 0 spiro atoms. The van der Waals surface area contributed by atoms with Crippen LogP contribution in [0.1, 0.15) is 28.3 Å². The van der Waals surface area contributed by atoms with Crippen molar-refractivity contribution in [1.29, 1.82) is 0 Å². The van der Waals surface area contributed by atoms with Gasteiger partial charge in [0, 0.05) is 12.7 Å². The second kappa shape index (κ2) is 7.74. The maximum Gasteiger partial charge on any atom is 0.271 e. The minimum absolute atomic E-state index is 0.142. The second-order valence-corrected chi connectivity index (χ2v) is 6.57. The van der Waals surface area contributed by atoms with Crippen LogP contribution in [0.15, 0.2) is 16.7 Å². The van der Waals surface area contributed by atoms with Crippen LogP contribution in [0.4, 0.5) is 0 Å². The van der Waals surface area contributed by atoms with Gasteiger partial charge in [0.2, 0.25) is 0 Å². The summed E-state index contributed by atoms with van der Waals surface area (Å²) in [6, 6.07) is 1.72. The first-order chi connectivity index (χ1) is 10.9. The highest BCUT2D eigenvalue weighted by Gasteiger charge is 2.12. The van der Waals surface area contributed by atoms with Gasteiger partial charge in [-0.05, 0) is 62.9 Å². The van der Waals surface area contributed by atoms with Gasteiger partial charge in [0.05, 0.1) is 15.9 Å². The van der Waals surface area contributed by atoms with E-state index in [0.29, 0.717) is 18.9 Å². The monoisotopic (exact) mass is 382 g/mol. The molecule has 2 rings (SSSR count). The van der Waals surface area contributed by atoms with Gasteiger partial charge in [-0.3, -0.25) is 9.48 Å². The van der Waals surface area contributed by atoms with E-state index in [2.05, 4.69) is 36.3 Å². The molecule has 2 heterocycles. The molecule has 126 valence electrons. The predicted octanol–water partition coefficient (Wildman–Crippen LogP) is 1.65. The molecule has 0 aliphatic carbocycles. The Hall–Kier alpha value is -1.67. The number of nitrogens with zero attached hydrogens (tertiary/aromatic N) is 5. The maximum atomic E-state index is 12.0. The molecule has 0 atom stereocenters. The van der Waals surface area contributed by atoms with Gasteiger partial charge in [-0.25, -0.2) is 4.68 Å². The van der Waals surface area contributed by atoms with Crippen LogP contribution in [-0.2, 0) is 6.67 Å². The smallest absolute Gasteiger partial charge is 0.271 e. The van der Waals surface area contributed by atoms with Crippen molar-refractivity contribution < 1.29 is 4.79 Å². The first-order valence-electron chi connectivity index (χ1n) is 7.54. The highest BCUT2D eigenvalue weighted by atomic mass is 79.9. The average molecular weight is 383 g/mol. The van der Waals surface area contributed by atoms with E-state index < -0.39 is 0 Å². The molecule has 0 saturated heterocycles. The fourth-order valence-electron chi connectivity index (χ4n) is 2.20. The molecule has 2 aromatic rings. The van der Waals surface area contributed by atoms with Crippen LogP contribution < -0.4 is 5.32 Å². The van der Waals surface area contributed by atoms with Crippen molar-refractivity contribution >= 4 is 21.8 Å². The average Bonchev–Trinajstić information content (AvgIpc) is 3.05. The van der Waals surface area contributed by atoms with Crippen molar-refractivity contribution in [3.63, 3.8) is 0 Å². The van der Waals surface area contributed by atoms with E-state index in [4.69, 9.17) is 0 Å². The summed E-state index contributed by atoms with van der Waals surface area (Å²) in [5.74, 6) is -0.142. The third-order valence-electron chi connectivity index (χ3n) is 3.51. The summed E-state index contributed by atoms with van der Waals surface area (Å²) in [4.78, 5) is 14.1. The maximum absolute atomic E-state index is 12.0. The Bertz CT molecular complexity index is 676. The van der Waals surface area contributed by atoms with Gasteiger partial charge < -0.3 is 10.2 Å². The van der Waals surface area contributed by atoms with Crippen LogP contribution >= 0.6 is 15.9 Å². The van der Waals surface area contributed by atoms with Crippen LogP contribution in [-0.4, -0.2) is 57.6 Å². The summed E-state index contributed by atoms with van der Waals surface area (Å²) in [5.41, 5.74) is 2.40. The van der Waals surface area contributed by atoms with Gasteiger partial charge in [-0.2, -0.15) is 10.2 Å². The summed E-state index contributed by atoms with van der Waals surface area (Å²) in [6.07, 6.45) is 2.71. The van der Waals surface area contributed by atoms with Gasteiger partial charge in [0.15, 0.2) is 0 Å². The Kier molecular flexibility index (Phi) is 5.95. The van der Waals surface area contributed by atoms with Crippen LogP contribution in [0.2, 0.25) is 0 Å². The third kappa shape index (κ3) is 4.65. The van der Waals surface area contributed by atoms with Crippen LogP contribution in [0.25, 0.3) is 0 Å². The summed E-state index contributed by atoms with van der Waals surface area (Å²) < 4.78 is 4.56. The van der Waals surface area contributed by atoms with Gasteiger partial charge in [-0.15, -0.1) is 0 Å². The van der Waals surface area contributed by atoms with Gasteiger partial charge in [-0.1, -0.05) is 0 Å². The standard InChI is InChI=1S/C15H23BrN6O/c1-11-14(16)12(2)22(18-11)10-21-9-6-13(19-21)15(23)17-7-5-8-20(3)4/h6,9H,5,7-8,10H2,1-4H3,(H,17,23). The summed E-state index contributed by atoms with van der Waals surface area (Å²) in [5, 5.41) is 11.6. The molecule has 0 fully saturated rings. The number of amides is 1. The Balaban J connectivity index is 1.92. The number of hydrogen-bond acceptors (Lipinski definition) is 4. The first-order valence-corrected chi connectivity index (χ1v) is 8.33. The molecule has 0 saturated carbocycles. The lowest BCUT2D eigenvalue weighted by Crippen LogP contribution is -2.27. The topological polar surface area (TPSA) is 68.0 Å². The number of aromatic nitrogens is 4. The summed E-state index contributed by atoms with van der Waals surface area (Å²) in [7, 11) is 4.03. The molecular formula is C15H23BrN6O. The van der Waals surface area contributed by atoms with Gasteiger partial charge >= 0.3 is 0 Å². The zero-order valence-corrected chi connectivity index (χ0v) is 15.6. The number of halogens is 1. The van der Waals surface area contributed by atoms with Crippen molar-refractivity contribution in [2.45, 2.75) is 26.9 Å². The lowest BCUT2D eigenvalue weighted by molar-refractivity contribution is 0.0946. The highest BCUT2D eigenvalue weighted by Crippen LogP contribution is 2.19. The third-order valence-corrected chi connectivity index (χ3v) is 4.66. The van der Waals surface area contributed by atoms with Gasteiger partial charge in [0.25, 0.3) is 5.91 Å². The van der Waals surface area contributed by atoms with Crippen molar-refractivity contribution in [1.82, 2.24) is 29.8 Å². The zero-order valence-electron chi connectivity index (χ0n) is 14.0. The van der Waals surface area contributed by atoms with E-state index in [1.165, 1.54) is 0 Å². The van der Waals surface area contributed by atoms with Crippen molar-refractivity contribution in [3.8, 4) is 0 Å². The number of rotatable bonds is 7. The van der Waals surface area contributed by atoms with E-state index in [1.807, 2.05) is 32.6 Å². The SMILES string of the molecule is Cc1nn(Cn2ccc(C(=O)NCCCN(C)C)n2)c(C)c1Br. The molecule has 8 heteroatoms. The number of nitrogens with one attached hydrogen (secondary N) is 1. The minimum Gasteiger partial charge on any atom is -0.351 e. The lowest BCUT2D eigenvalue weighted by atomic mass is 10.3. The quantitative estimate of drug-likeness (QED) is 0.739. The molecule has 0 aromatic carbocycles. The molecular weight excluding hydrogens is 360 g/mol. The largest absolute Gasteiger partial charge is 0.351 e. The molecule has 0 bridgehead atoms. The van der Waals surface area contributed by atoms with Crippen molar-refractivity contribution in [3.05, 3.63) is 33.8 Å². The van der Waals surface area contributed by atoms with Crippen molar-refractivity contribution in [2.75, 3.05) is 27.2 Å². The van der Waals surface area contributed by atoms with Crippen LogP contribution in [0.5, 0.6) is 0 Å². The Labute approximate surface area is 144 Å². The number of carbonyl (C=O) groups is 1. The molecule has 0 aliphatic heterocycles. The molecule has 1 N–H and O–H groups in total. The lowest BCUT2D eigenvalue weighted by Gasteiger charge is -2.09. The molecule has 23 heavy (non-hydrogen) atoms. The molecule has 1 amide bonds. The van der Waals surface area contributed by atoms with Crippen LogP contribution in [0, 0.1) is 13.8 Å². The summed E-state index contributed by atoms with van der Waals surface area (Å²) in [6.45, 7) is 6.01. The zero-order chi connectivity index (χ0) is 17.0. The van der Waals surface area contributed by atoms with E-state index in [0.717, 1.165) is 28.8 Å². The molecule has 0 unspecified atom stereocenters. The van der Waals surface area contributed by atoms with Gasteiger partial charge in [0.1, 0.15) is 12.4 Å². The Morgan fingerprint density at radius 3 is 2.70 bits per heavy atom. The molecule has 0 aliphatic rings. The fraction of sp³-hybridized carbons (Fsp3) is 0.533. The van der Waals surface area contributed by atoms with E-state index in [-0.39, 0.29) is 5.91 Å². The molecule has 0 radical (unpaired) electrons. The van der Waals surface area contributed by atoms with E-state index >= 15 is 0 Å². The van der Waals surface area contributed by atoms with Crippen LogP contribution in [0.3, 0.4) is 0 Å². The summed E-state index contributed by atoms with van der Waals surface area (Å²) >= 11 is 3.51. The predicted molar refractivity (Wildman–Crippen MR) is 92.5 cm³/mol. The first kappa shape index (κ1) is 17.7. The minimum atomic E-state index is -0.142. The van der Waals surface area contributed by atoms with E-state index in [9.17, 15) is 4.79 Å². The number of hydrogen-bond donors (Lipinski definition) is 1. The number of carbonyl (C=O) groups excluding carboxylic acids is 1. The fourth-order valence-corrected chi connectivity index (χ4v) is 2.48. The van der Waals surface area contributed by atoms with E-state index in [1.54, 1.807) is 16.9 Å². The van der Waals surface area contributed by atoms with Crippen molar-refractivity contribution in [2.24, 2.45) is 0 Å². The highest BCUT2D eigenvalue weighted by molar-refractivity contribution is 9.10. The second-order valence-electron chi connectivity index (χ2n) is 5.78. The molecule has 7 nitrogen and oxygen atoms in total. The Morgan fingerprint density at radius 1 is 1.35 bits per heavy atom. The molecule has 2 aromatic heterocycles. The Morgan fingerprint density at radius 2 is 2.09 bits per heavy atom. The number of aryl methyl sites for hydroxylation is 1.